The summed E-state index contributed by atoms with van der Waals surface area (Å²) in [6, 6.07) is 18.9. The monoisotopic (exact) mass is 499 g/mol. The molecule has 0 aliphatic heterocycles. The number of rotatable bonds is 8. The van der Waals surface area contributed by atoms with Gasteiger partial charge >= 0.3 is 0 Å². The number of hydrogen-bond donors (Lipinski definition) is 2. The van der Waals surface area contributed by atoms with Gasteiger partial charge in [-0.1, -0.05) is 36.7 Å². The predicted octanol–water partition coefficient (Wildman–Crippen LogP) is 4.39. The minimum Gasteiger partial charge on any atom is -0.484 e. The summed E-state index contributed by atoms with van der Waals surface area (Å²) in [6.45, 7) is 1.82. The zero-order chi connectivity index (χ0) is 24.3. The van der Waals surface area contributed by atoms with Gasteiger partial charge in [-0.15, -0.1) is 0 Å². The largest absolute Gasteiger partial charge is 0.484 e. The number of amides is 1. The van der Waals surface area contributed by atoms with Crippen LogP contribution in [0.4, 0.5) is 5.69 Å². The molecule has 0 heterocycles. The Labute approximate surface area is 204 Å². The van der Waals surface area contributed by atoms with Crippen LogP contribution >= 0.6 is 11.6 Å². The van der Waals surface area contributed by atoms with Crippen molar-refractivity contribution in [1.29, 1.82) is 0 Å². The summed E-state index contributed by atoms with van der Waals surface area (Å²) in [5.41, 5.74) is 3.19. The van der Waals surface area contributed by atoms with E-state index < -0.39 is 21.9 Å². The van der Waals surface area contributed by atoms with Crippen molar-refractivity contribution >= 4 is 33.0 Å². The van der Waals surface area contributed by atoms with Gasteiger partial charge < -0.3 is 15.2 Å². The van der Waals surface area contributed by atoms with Gasteiger partial charge in [-0.3, -0.25) is 4.79 Å². The molecule has 0 radical (unpaired) electrons. The van der Waals surface area contributed by atoms with Crippen molar-refractivity contribution in [3.8, 4) is 5.75 Å². The highest BCUT2D eigenvalue weighted by Crippen LogP contribution is 2.37. The molecule has 1 amide bonds. The molecule has 2 N–H and O–H groups in total. The average Bonchev–Trinajstić information content (AvgIpc) is 3.12. The van der Waals surface area contributed by atoms with Gasteiger partial charge in [0.2, 0.25) is 0 Å². The van der Waals surface area contributed by atoms with Crippen LogP contribution < -0.4 is 10.1 Å². The second-order valence-electron chi connectivity index (χ2n) is 8.36. The third kappa shape index (κ3) is 5.60. The summed E-state index contributed by atoms with van der Waals surface area (Å²) in [6.07, 6.45) is 0.394. The van der Waals surface area contributed by atoms with Crippen LogP contribution in [-0.4, -0.2) is 37.9 Å². The van der Waals surface area contributed by atoms with E-state index in [1.807, 2.05) is 25.1 Å². The minimum absolute atomic E-state index is 0.188. The fourth-order valence-corrected chi connectivity index (χ4v) is 5.87. The van der Waals surface area contributed by atoms with Gasteiger partial charge in [0.1, 0.15) is 5.75 Å². The lowest BCUT2D eigenvalue weighted by molar-refractivity contribution is -0.118. The molecule has 2 unspecified atom stereocenters. The molecule has 1 aliphatic carbocycles. The van der Waals surface area contributed by atoms with Crippen molar-refractivity contribution in [1.82, 2.24) is 0 Å². The Morgan fingerprint density at radius 3 is 2.47 bits per heavy atom. The number of carbonyl (C=O) groups excluding carboxylic acids is 1. The Kier molecular flexibility index (Phi) is 7.26. The fourth-order valence-electron chi connectivity index (χ4n) is 4.12. The second-order valence-corrected chi connectivity index (χ2v) is 10.8. The summed E-state index contributed by atoms with van der Waals surface area (Å²) in [7, 11) is -3.60. The zero-order valence-electron chi connectivity index (χ0n) is 18.7. The molecule has 8 heteroatoms. The molecule has 0 saturated carbocycles. The Bertz CT molecular complexity index is 1270. The molecular weight excluding hydrogens is 474 g/mol. The van der Waals surface area contributed by atoms with E-state index in [9.17, 15) is 18.3 Å². The van der Waals surface area contributed by atoms with Gasteiger partial charge in [-0.2, -0.15) is 0 Å². The van der Waals surface area contributed by atoms with Crippen LogP contribution in [-0.2, 0) is 27.5 Å². The van der Waals surface area contributed by atoms with Crippen molar-refractivity contribution in [3.05, 3.63) is 88.4 Å². The molecular formula is C26H26ClNO5S. The number of fused-ring (bicyclic) bond motifs is 1. The highest BCUT2D eigenvalue weighted by atomic mass is 35.5. The lowest BCUT2D eigenvalue weighted by atomic mass is 10.0. The van der Waals surface area contributed by atoms with Crippen molar-refractivity contribution in [3.63, 3.8) is 0 Å². The topological polar surface area (TPSA) is 92.7 Å². The Hall–Kier alpha value is -2.87. The summed E-state index contributed by atoms with van der Waals surface area (Å²) in [5.74, 6) is -0.612. The summed E-state index contributed by atoms with van der Waals surface area (Å²) in [5, 5.41) is 14.0. The first kappa shape index (κ1) is 24.3. The number of halogens is 1. The summed E-state index contributed by atoms with van der Waals surface area (Å²) < 4.78 is 31.5. The van der Waals surface area contributed by atoms with Crippen LogP contribution in [0.15, 0.2) is 71.6 Å². The Morgan fingerprint density at radius 1 is 1.09 bits per heavy atom. The van der Waals surface area contributed by atoms with Crippen LogP contribution in [0.3, 0.4) is 0 Å². The normalized spacial score (nSPS) is 17.3. The van der Waals surface area contributed by atoms with Crippen molar-refractivity contribution in [2.45, 2.75) is 36.7 Å². The molecule has 0 saturated heterocycles. The van der Waals surface area contributed by atoms with E-state index in [4.69, 9.17) is 16.3 Å². The van der Waals surface area contributed by atoms with E-state index >= 15 is 0 Å². The average molecular weight is 500 g/mol. The van der Waals surface area contributed by atoms with Crippen LogP contribution in [0, 0.1) is 0 Å². The lowest BCUT2D eigenvalue weighted by Gasteiger charge is -2.17. The maximum Gasteiger partial charge on any atom is 0.262 e. The molecule has 3 aromatic rings. The van der Waals surface area contributed by atoms with E-state index in [1.54, 1.807) is 48.5 Å². The highest BCUT2D eigenvalue weighted by molar-refractivity contribution is 7.91. The number of sulfone groups is 1. The van der Waals surface area contributed by atoms with E-state index in [0.29, 0.717) is 22.9 Å². The van der Waals surface area contributed by atoms with Crippen LogP contribution in [0.1, 0.15) is 29.5 Å². The van der Waals surface area contributed by atoms with Gasteiger partial charge in [0.25, 0.3) is 5.91 Å². The maximum atomic E-state index is 13.0. The number of aryl methyl sites for hydroxylation is 1. The number of hydrogen-bond acceptors (Lipinski definition) is 5. The molecule has 3 aromatic carbocycles. The summed E-state index contributed by atoms with van der Waals surface area (Å²) >= 11 is 5.85. The third-order valence-electron chi connectivity index (χ3n) is 6.00. The van der Waals surface area contributed by atoms with Crippen molar-refractivity contribution in [2.75, 3.05) is 17.7 Å². The number of aliphatic hydroxyl groups is 1. The SMILES string of the molecule is CCc1ccc(S(=O)(=O)CC2c3cc(NC(=O)COc4ccc(Cl)cc4)ccc3CC2O)cc1. The molecule has 0 fully saturated rings. The first-order valence-corrected chi connectivity index (χ1v) is 13.1. The quantitative estimate of drug-likeness (QED) is 0.479. The van der Waals surface area contributed by atoms with Gasteiger partial charge in [0.05, 0.1) is 16.8 Å². The van der Waals surface area contributed by atoms with E-state index in [-0.39, 0.29) is 23.2 Å². The Balaban J connectivity index is 1.45. The standard InChI is InChI=1S/C26H26ClNO5S/c1-2-17-3-11-22(12-4-17)34(31,32)16-24-23-14-20(8-5-18(23)13-25(24)29)28-26(30)15-33-21-9-6-19(27)7-10-21/h3-12,14,24-25,29H,2,13,15-16H2,1H3,(H,28,30). The first-order valence-electron chi connectivity index (χ1n) is 11.1. The maximum absolute atomic E-state index is 13.0. The van der Waals surface area contributed by atoms with Crippen molar-refractivity contribution in [2.24, 2.45) is 0 Å². The second kappa shape index (κ2) is 10.2. The number of aliphatic hydroxyl groups excluding tert-OH is 1. The van der Waals surface area contributed by atoms with E-state index in [1.165, 1.54) is 0 Å². The van der Waals surface area contributed by atoms with Crippen LogP contribution in [0.5, 0.6) is 5.75 Å². The van der Waals surface area contributed by atoms with Gasteiger partial charge in [-0.25, -0.2) is 8.42 Å². The predicted molar refractivity (Wildman–Crippen MR) is 132 cm³/mol. The van der Waals surface area contributed by atoms with E-state index in [2.05, 4.69) is 5.32 Å². The molecule has 34 heavy (non-hydrogen) atoms. The molecule has 6 nitrogen and oxygen atoms in total. The van der Waals surface area contributed by atoms with Gasteiger partial charge in [0, 0.05) is 16.6 Å². The number of carbonyl (C=O) groups is 1. The molecule has 0 aromatic heterocycles. The molecule has 2 atom stereocenters. The number of ether oxygens (including phenoxy) is 1. The van der Waals surface area contributed by atoms with Crippen molar-refractivity contribution < 1.29 is 23.1 Å². The first-order chi connectivity index (χ1) is 16.2. The molecule has 1 aliphatic rings. The van der Waals surface area contributed by atoms with Crippen LogP contribution in [0.2, 0.25) is 5.02 Å². The van der Waals surface area contributed by atoms with Crippen LogP contribution in [0.25, 0.3) is 0 Å². The third-order valence-corrected chi connectivity index (χ3v) is 8.04. The molecule has 178 valence electrons. The number of benzene rings is 3. The molecule has 0 spiro atoms. The molecule has 4 rings (SSSR count). The zero-order valence-corrected chi connectivity index (χ0v) is 20.3. The van der Waals surface area contributed by atoms with Gasteiger partial charge in [0.15, 0.2) is 16.4 Å². The fraction of sp³-hybridized carbons (Fsp3) is 0.269. The summed E-state index contributed by atoms with van der Waals surface area (Å²) in [4.78, 5) is 12.6. The number of anilines is 1. The Morgan fingerprint density at radius 2 is 1.79 bits per heavy atom. The molecule has 0 bridgehead atoms. The number of nitrogens with one attached hydrogen (secondary N) is 1. The highest BCUT2D eigenvalue weighted by Gasteiger charge is 2.35. The van der Waals surface area contributed by atoms with E-state index in [0.717, 1.165) is 23.1 Å². The lowest BCUT2D eigenvalue weighted by Crippen LogP contribution is -2.23. The minimum atomic E-state index is -3.60. The smallest absolute Gasteiger partial charge is 0.262 e. The van der Waals surface area contributed by atoms with Gasteiger partial charge in [-0.05, 0) is 78.1 Å².